The Balaban J connectivity index is 4.24. The van der Waals surface area contributed by atoms with Gasteiger partial charge >= 0.3 is 0 Å². The van der Waals surface area contributed by atoms with Crippen LogP contribution in [0.15, 0.2) is 0 Å². The number of hydrogen-bond donors (Lipinski definition) is 1. The molecule has 1 unspecified atom stereocenters. The third-order valence-corrected chi connectivity index (χ3v) is 7.61. The van der Waals surface area contributed by atoms with Gasteiger partial charge in [0, 0.05) is 11.9 Å². The van der Waals surface area contributed by atoms with Crippen LogP contribution in [0.3, 0.4) is 0 Å². The zero-order chi connectivity index (χ0) is 9.83. The monoisotopic (exact) mass is 252 g/mol. The van der Waals surface area contributed by atoms with Gasteiger partial charge in [-0.1, -0.05) is 42.5 Å². The van der Waals surface area contributed by atoms with Gasteiger partial charge in [-0.3, -0.25) is 0 Å². The van der Waals surface area contributed by atoms with Crippen molar-refractivity contribution >= 4 is 24.0 Å². The predicted molar refractivity (Wildman–Crippen MR) is 61.8 cm³/mol. The molecule has 1 atom stereocenters. The molecule has 0 aliphatic rings. The number of halogens is 1. The van der Waals surface area contributed by atoms with Gasteiger partial charge in [0.1, 0.15) is 0 Å². The normalized spacial score (nSPS) is 17.5. The van der Waals surface area contributed by atoms with Gasteiger partial charge in [0.25, 0.3) is 0 Å². The molecule has 0 rings (SSSR count). The highest BCUT2D eigenvalue weighted by Gasteiger charge is 2.37. The molecule has 0 heterocycles. The van der Waals surface area contributed by atoms with Crippen LogP contribution in [0.2, 0.25) is 24.7 Å². The van der Waals surface area contributed by atoms with Crippen LogP contribution in [-0.2, 0) is 0 Å². The van der Waals surface area contributed by atoms with Crippen molar-refractivity contribution in [2.45, 2.75) is 44.4 Å². The second-order valence-electron chi connectivity index (χ2n) is 4.76. The lowest BCUT2D eigenvalue weighted by Crippen LogP contribution is -2.40. The third kappa shape index (κ3) is 3.19. The van der Waals surface area contributed by atoms with Crippen molar-refractivity contribution < 1.29 is 5.11 Å². The molecule has 0 aliphatic carbocycles. The Morgan fingerprint density at radius 2 is 1.83 bits per heavy atom. The predicted octanol–water partition coefficient (Wildman–Crippen LogP) is 3.25. The van der Waals surface area contributed by atoms with E-state index in [4.69, 9.17) is 0 Å². The second kappa shape index (κ2) is 4.77. The topological polar surface area (TPSA) is 20.2 Å². The molecule has 0 aromatic carbocycles. The number of aliphatic hydroxyl groups is 1. The fraction of sp³-hybridized carbons (Fsp3) is 1.00. The van der Waals surface area contributed by atoms with Crippen LogP contribution in [0, 0.1) is 0 Å². The highest BCUT2D eigenvalue weighted by atomic mass is 79.9. The Morgan fingerprint density at radius 1 is 1.33 bits per heavy atom. The van der Waals surface area contributed by atoms with Crippen LogP contribution in [0.5, 0.6) is 0 Å². The van der Waals surface area contributed by atoms with Gasteiger partial charge in [-0.05, 0) is 17.9 Å². The van der Waals surface area contributed by atoms with Gasteiger partial charge in [-0.25, -0.2) is 0 Å². The molecular formula is C9H21BrOSi. The zero-order valence-electron chi connectivity index (χ0n) is 8.65. The van der Waals surface area contributed by atoms with Crippen LogP contribution in [-0.4, -0.2) is 25.1 Å². The molecule has 0 saturated carbocycles. The first-order valence-corrected chi connectivity index (χ1v) is 9.16. The fourth-order valence-corrected chi connectivity index (χ4v) is 2.83. The van der Waals surface area contributed by atoms with Crippen LogP contribution in [0.1, 0.15) is 19.8 Å². The van der Waals surface area contributed by atoms with E-state index in [0.717, 1.165) is 11.8 Å². The molecule has 0 aromatic heterocycles. The Kier molecular flexibility index (Phi) is 5.03. The van der Waals surface area contributed by atoms with E-state index >= 15 is 0 Å². The molecule has 0 aliphatic heterocycles. The van der Waals surface area contributed by atoms with E-state index in [1.807, 2.05) is 0 Å². The van der Waals surface area contributed by atoms with Crippen LogP contribution < -0.4 is 0 Å². The SMILES string of the molecule is CC(CO)(CCCBr)[Si](C)(C)C. The maximum atomic E-state index is 9.37. The summed E-state index contributed by atoms with van der Waals surface area (Å²) < 4.78 is 0. The molecule has 0 spiro atoms. The maximum Gasteiger partial charge on any atom is 0.0531 e. The average Bonchev–Trinajstić information content (AvgIpc) is 1.98. The van der Waals surface area contributed by atoms with Crippen molar-refractivity contribution in [3.63, 3.8) is 0 Å². The maximum absolute atomic E-state index is 9.37. The Morgan fingerprint density at radius 3 is 2.08 bits per heavy atom. The lowest BCUT2D eigenvalue weighted by molar-refractivity contribution is 0.234. The minimum Gasteiger partial charge on any atom is -0.396 e. The first-order valence-electron chi connectivity index (χ1n) is 4.54. The standard InChI is InChI=1S/C9H21BrOSi/c1-9(8-11,6-5-7-10)12(2,3)4/h11H,5-8H2,1-4H3. The van der Waals surface area contributed by atoms with Gasteiger partial charge in [-0.15, -0.1) is 0 Å². The summed E-state index contributed by atoms with van der Waals surface area (Å²) in [5, 5.41) is 10.6. The molecule has 1 nitrogen and oxygen atoms in total. The molecule has 74 valence electrons. The summed E-state index contributed by atoms with van der Waals surface area (Å²) in [5.74, 6) is 0. The van der Waals surface area contributed by atoms with Crippen molar-refractivity contribution in [2.75, 3.05) is 11.9 Å². The summed E-state index contributed by atoms with van der Waals surface area (Å²) in [7, 11) is -1.22. The second-order valence-corrected chi connectivity index (χ2v) is 11.3. The number of alkyl halides is 1. The molecule has 12 heavy (non-hydrogen) atoms. The van der Waals surface area contributed by atoms with Crippen LogP contribution >= 0.6 is 15.9 Å². The Labute approximate surface area is 85.7 Å². The first-order chi connectivity index (χ1) is 5.37. The summed E-state index contributed by atoms with van der Waals surface area (Å²) in [5.41, 5.74) is 0. The molecule has 0 fully saturated rings. The highest BCUT2D eigenvalue weighted by molar-refractivity contribution is 9.09. The summed E-state index contributed by atoms with van der Waals surface area (Å²) in [6.07, 6.45) is 2.31. The lowest BCUT2D eigenvalue weighted by atomic mass is 10.1. The van der Waals surface area contributed by atoms with Crippen molar-refractivity contribution in [3.8, 4) is 0 Å². The quantitative estimate of drug-likeness (QED) is 0.589. The fourth-order valence-electron chi connectivity index (χ4n) is 1.15. The third-order valence-electron chi connectivity index (χ3n) is 3.02. The molecule has 3 heteroatoms. The van der Waals surface area contributed by atoms with Gasteiger partial charge < -0.3 is 5.11 Å². The summed E-state index contributed by atoms with van der Waals surface area (Å²) in [4.78, 5) is 0. The number of rotatable bonds is 5. The van der Waals surface area contributed by atoms with E-state index in [1.54, 1.807) is 0 Å². The highest BCUT2D eigenvalue weighted by Crippen LogP contribution is 2.41. The summed E-state index contributed by atoms with van der Waals surface area (Å²) >= 11 is 3.43. The largest absolute Gasteiger partial charge is 0.396 e. The molecule has 1 N–H and O–H groups in total. The van der Waals surface area contributed by atoms with E-state index in [0.29, 0.717) is 6.61 Å². The molecule has 0 radical (unpaired) electrons. The molecule has 0 bridgehead atoms. The van der Waals surface area contributed by atoms with E-state index in [9.17, 15) is 5.11 Å². The summed E-state index contributed by atoms with van der Waals surface area (Å²) in [6.45, 7) is 9.56. The van der Waals surface area contributed by atoms with Crippen molar-refractivity contribution in [1.29, 1.82) is 0 Å². The Hall–Kier alpha value is 0.657. The van der Waals surface area contributed by atoms with E-state index in [2.05, 4.69) is 42.5 Å². The number of aliphatic hydroxyl groups excluding tert-OH is 1. The van der Waals surface area contributed by atoms with Crippen molar-refractivity contribution in [3.05, 3.63) is 0 Å². The van der Waals surface area contributed by atoms with Gasteiger partial charge in [-0.2, -0.15) is 0 Å². The minimum absolute atomic E-state index is 0.195. The van der Waals surface area contributed by atoms with Crippen molar-refractivity contribution in [2.24, 2.45) is 0 Å². The smallest absolute Gasteiger partial charge is 0.0531 e. The summed E-state index contributed by atoms with van der Waals surface area (Å²) in [6, 6.07) is 0. The van der Waals surface area contributed by atoms with Gasteiger partial charge in [0.05, 0.1) is 8.07 Å². The van der Waals surface area contributed by atoms with E-state index in [1.165, 1.54) is 6.42 Å². The molecule has 0 aromatic rings. The van der Waals surface area contributed by atoms with Gasteiger partial charge in [0.15, 0.2) is 0 Å². The van der Waals surface area contributed by atoms with E-state index in [-0.39, 0.29) is 5.04 Å². The molecule has 0 amide bonds. The minimum atomic E-state index is -1.22. The number of hydrogen-bond acceptors (Lipinski definition) is 1. The van der Waals surface area contributed by atoms with Crippen molar-refractivity contribution in [1.82, 2.24) is 0 Å². The first kappa shape index (κ1) is 12.7. The average molecular weight is 253 g/mol. The van der Waals surface area contributed by atoms with E-state index < -0.39 is 8.07 Å². The molecular weight excluding hydrogens is 232 g/mol. The molecule has 0 saturated heterocycles. The van der Waals surface area contributed by atoms with Crippen LogP contribution in [0.4, 0.5) is 0 Å². The Bertz CT molecular complexity index is 133. The lowest BCUT2D eigenvalue weighted by Gasteiger charge is -2.39. The van der Waals surface area contributed by atoms with Crippen LogP contribution in [0.25, 0.3) is 0 Å². The van der Waals surface area contributed by atoms with Gasteiger partial charge in [0.2, 0.25) is 0 Å². The zero-order valence-corrected chi connectivity index (χ0v) is 11.2.